The van der Waals surface area contributed by atoms with Crippen LogP contribution in [0.25, 0.3) is 0 Å². The van der Waals surface area contributed by atoms with Crippen LogP contribution >= 0.6 is 0 Å². The fourth-order valence-electron chi connectivity index (χ4n) is 2.75. The first-order chi connectivity index (χ1) is 12.7. The Morgan fingerprint density at radius 3 is 2.63 bits per heavy atom. The number of carbonyl (C=O) groups is 1. The largest absolute Gasteiger partial charge is 0.495 e. The van der Waals surface area contributed by atoms with Crippen molar-refractivity contribution in [2.75, 3.05) is 17.2 Å². The molecule has 1 unspecified atom stereocenters. The number of rotatable bonds is 6. The van der Waals surface area contributed by atoms with Gasteiger partial charge in [0.05, 0.1) is 37.3 Å². The number of hydrogen-bond acceptors (Lipinski definition) is 7. The van der Waals surface area contributed by atoms with E-state index in [-0.39, 0.29) is 28.6 Å². The van der Waals surface area contributed by atoms with Gasteiger partial charge in [-0.05, 0) is 30.3 Å². The molecule has 1 atom stereocenters. The van der Waals surface area contributed by atoms with E-state index in [1.807, 2.05) is 0 Å². The molecular weight excluding hydrogens is 396 g/mol. The van der Waals surface area contributed by atoms with Crippen LogP contribution in [0.15, 0.2) is 45.9 Å². The van der Waals surface area contributed by atoms with E-state index in [9.17, 15) is 21.6 Å². The van der Waals surface area contributed by atoms with E-state index in [4.69, 9.17) is 9.15 Å². The number of sulfonamides is 2. The van der Waals surface area contributed by atoms with Crippen molar-refractivity contribution >= 4 is 31.6 Å². The number of nitrogens with zero attached hydrogens (tertiary/aromatic N) is 1. The molecule has 0 spiro atoms. The van der Waals surface area contributed by atoms with Gasteiger partial charge in [0.15, 0.2) is 0 Å². The van der Waals surface area contributed by atoms with Crippen LogP contribution in [0.1, 0.15) is 12.7 Å². The first-order valence-electron chi connectivity index (χ1n) is 7.92. The van der Waals surface area contributed by atoms with Gasteiger partial charge in [-0.1, -0.05) is 6.92 Å². The first kappa shape index (κ1) is 19.4. The van der Waals surface area contributed by atoms with Crippen LogP contribution in [0.4, 0.5) is 5.69 Å². The van der Waals surface area contributed by atoms with Crippen LogP contribution in [-0.4, -0.2) is 35.6 Å². The molecule has 9 nitrogen and oxygen atoms in total. The first-order valence-corrected chi connectivity index (χ1v) is 11.0. The van der Waals surface area contributed by atoms with Gasteiger partial charge in [0.2, 0.25) is 26.0 Å². The lowest BCUT2D eigenvalue weighted by atomic mass is 10.2. The zero-order valence-corrected chi connectivity index (χ0v) is 16.2. The molecule has 0 bridgehead atoms. The maximum atomic E-state index is 12.7. The molecule has 0 radical (unpaired) electrons. The number of hydrogen-bond donors (Lipinski definition) is 1. The quantitative estimate of drug-likeness (QED) is 0.750. The van der Waals surface area contributed by atoms with E-state index in [0.29, 0.717) is 10.1 Å². The molecule has 11 heteroatoms. The fraction of sp³-hybridized carbons (Fsp3) is 0.312. The Morgan fingerprint density at radius 2 is 2.07 bits per heavy atom. The highest BCUT2D eigenvalue weighted by molar-refractivity contribution is 7.94. The maximum Gasteiger partial charge on any atom is 0.244 e. The normalized spacial score (nSPS) is 19.4. The van der Waals surface area contributed by atoms with Crippen LogP contribution in [0.2, 0.25) is 0 Å². The van der Waals surface area contributed by atoms with Gasteiger partial charge in [-0.15, -0.1) is 0 Å². The molecule has 0 saturated carbocycles. The average Bonchev–Trinajstić information content (AvgIpc) is 3.19. The molecule has 1 aliphatic rings. The van der Waals surface area contributed by atoms with E-state index >= 15 is 0 Å². The molecule has 1 aliphatic heterocycles. The Labute approximate surface area is 157 Å². The summed E-state index contributed by atoms with van der Waals surface area (Å²) in [4.78, 5) is 12.0. The number of nitrogens with one attached hydrogen (secondary N) is 1. The van der Waals surface area contributed by atoms with Crippen molar-refractivity contribution in [2.24, 2.45) is 5.92 Å². The van der Waals surface area contributed by atoms with Crippen LogP contribution in [-0.2, 0) is 31.4 Å². The molecule has 2 heterocycles. The van der Waals surface area contributed by atoms with Gasteiger partial charge in [0.25, 0.3) is 0 Å². The highest BCUT2D eigenvalue weighted by atomic mass is 32.2. The standard InChI is InChI=1S/C16H18N2O7S2/c1-11-10-26(20,21)18(16(11)19)12-5-6-14(24-2)15(8-12)27(22,23)17-9-13-4-3-7-25-13/h3-8,11,17H,9-10H2,1-2H3. The number of amides is 1. The zero-order chi connectivity index (χ0) is 19.8. The van der Waals surface area contributed by atoms with Gasteiger partial charge in [0.1, 0.15) is 16.4 Å². The number of ether oxygens (including phenoxy) is 1. The highest BCUT2D eigenvalue weighted by Crippen LogP contribution is 2.33. The molecule has 2 aromatic rings. The molecule has 1 aromatic carbocycles. The molecule has 146 valence electrons. The Kier molecular flexibility index (Phi) is 5.02. The lowest BCUT2D eigenvalue weighted by molar-refractivity contribution is -0.119. The van der Waals surface area contributed by atoms with E-state index < -0.39 is 31.9 Å². The molecule has 1 N–H and O–H groups in total. The van der Waals surface area contributed by atoms with Crippen LogP contribution in [0, 0.1) is 5.92 Å². The zero-order valence-electron chi connectivity index (χ0n) is 14.6. The van der Waals surface area contributed by atoms with Crippen LogP contribution in [0.5, 0.6) is 5.75 Å². The van der Waals surface area contributed by atoms with Gasteiger partial charge in [-0.25, -0.2) is 25.9 Å². The molecule has 27 heavy (non-hydrogen) atoms. The van der Waals surface area contributed by atoms with Crippen molar-refractivity contribution in [1.82, 2.24) is 4.72 Å². The lowest BCUT2D eigenvalue weighted by Crippen LogP contribution is -2.31. The third-order valence-electron chi connectivity index (χ3n) is 4.05. The number of furan rings is 1. The van der Waals surface area contributed by atoms with E-state index in [0.717, 1.165) is 6.07 Å². The van der Waals surface area contributed by atoms with Crippen molar-refractivity contribution in [2.45, 2.75) is 18.4 Å². The lowest BCUT2D eigenvalue weighted by Gasteiger charge is -2.18. The van der Waals surface area contributed by atoms with Crippen molar-refractivity contribution in [1.29, 1.82) is 0 Å². The number of methoxy groups -OCH3 is 1. The van der Waals surface area contributed by atoms with Crippen LogP contribution < -0.4 is 13.8 Å². The monoisotopic (exact) mass is 414 g/mol. The Hall–Kier alpha value is -2.37. The summed E-state index contributed by atoms with van der Waals surface area (Å²) in [5.74, 6) is -1.21. The Balaban J connectivity index is 2.00. The summed E-state index contributed by atoms with van der Waals surface area (Å²) in [6, 6.07) is 6.97. The highest BCUT2D eigenvalue weighted by Gasteiger charge is 2.42. The van der Waals surface area contributed by atoms with Crippen LogP contribution in [0.3, 0.4) is 0 Å². The number of anilines is 1. The minimum Gasteiger partial charge on any atom is -0.495 e. The van der Waals surface area contributed by atoms with Gasteiger partial charge in [0, 0.05) is 0 Å². The molecule has 1 amide bonds. The third-order valence-corrected chi connectivity index (χ3v) is 7.34. The molecule has 1 saturated heterocycles. The topological polar surface area (TPSA) is 123 Å². The number of carbonyl (C=O) groups excluding carboxylic acids is 1. The van der Waals surface area contributed by atoms with Gasteiger partial charge >= 0.3 is 0 Å². The molecule has 3 rings (SSSR count). The van der Waals surface area contributed by atoms with E-state index in [1.54, 1.807) is 12.1 Å². The summed E-state index contributed by atoms with van der Waals surface area (Å²) in [6.07, 6.45) is 1.41. The van der Waals surface area contributed by atoms with Crippen molar-refractivity contribution in [3.05, 3.63) is 42.4 Å². The predicted octanol–water partition coefficient (Wildman–Crippen LogP) is 1.08. The van der Waals surface area contributed by atoms with E-state index in [2.05, 4.69) is 4.72 Å². The smallest absolute Gasteiger partial charge is 0.244 e. The summed E-state index contributed by atoms with van der Waals surface area (Å²) >= 11 is 0. The summed E-state index contributed by atoms with van der Waals surface area (Å²) in [7, 11) is -6.63. The average molecular weight is 414 g/mol. The summed E-state index contributed by atoms with van der Waals surface area (Å²) in [5, 5.41) is 0. The summed E-state index contributed by atoms with van der Waals surface area (Å²) in [6.45, 7) is 1.41. The van der Waals surface area contributed by atoms with Gasteiger partial charge in [-0.3, -0.25) is 4.79 Å². The van der Waals surface area contributed by atoms with E-state index in [1.165, 1.54) is 32.4 Å². The molecule has 0 aliphatic carbocycles. The maximum absolute atomic E-state index is 12.7. The fourth-order valence-corrected chi connectivity index (χ4v) is 5.74. The van der Waals surface area contributed by atoms with Gasteiger partial charge in [-0.2, -0.15) is 0 Å². The Bertz CT molecular complexity index is 1060. The minimum atomic E-state index is -4.07. The SMILES string of the molecule is COc1ccc(N2C(=O)C(C)CS2(=O)=O)cc1S(=O)(=O)NCc1ccco1. The van der Waals surface area contributed by atoms with Crippen molar-refractivity contribution in [3.63, 3.8) is 0 Å². The second kappa shape index (κ2) is 6.98. The molecule has 1 aromatic heterocycles. The number of benzene rings is 1. The Morgan fingerprint density at radius 1 is 1.33 bits per heavy atom. The predicted molar refractivity (Wildman–Crippen MR) is 96.2 cm³/mol. The summed E-state index contributed by atoms with van der Waals surface area (Å²) < 4.78 is 63.1. The second-order valence-corrected chi connectivity index (χ2v) is 9.62. The van der Waals surface area contributed by atoms with Crippen molar-refractivity contribution < 1.29 is 30.8 Å². The summed E-state index contributed by atoms with van der Waals surface area (Å²) in [5.41, 5.74) is -0.0523. The third kappa shape index (κ3) is 3.70. The van der Waals surface area contributed by atoms with Gasteiger partial charge < -0.3 is 9.15 Å². The molecule has 1 fully saturated rings. The minimum absolute atomic E-state index is 0.0165. The second-order valence-electron chi connectivity index (χ2n) is 6.02. The molecular formula is C16H18N2O7S2. The van der Waals surface area contributed by atoms with Crippen molar-refractivity contribution in [3.8, 4) is 5.75 Å².